The number of rotatable bonds is 5. The fourth-order valence-corrected chi connectivity index (χ4v) is 4.73. The van der Waals surface area contributed by atoms with Crippen molar-refractivity contribution in [3.8, 4) is 0 Å². The van der Waals surface area contributed by atoms with Gasteiger partial charge in [0.15, 0.2) is 0 Å². The maximum Gasteiger partial charge on any atom is 0.230 e. The van der Waals surface area contributed by atoms with Crippen molar-refractivity contribution in [1.82, 2.24) is 25.0 Å². The average Bonchev–Trinajstić information content (AvgIpc) is 3.46. The van der Waals surface area contributed by atoms with E-state index in [4.69, 9.17) is 4.42 Å². The number of carbonyl (C=O) groups excluding carboxylic acids is 1. The Morgan fingerprint density at radius 1 is 1.14 bits per heavy atom. The Balaban J connectivity index is 1.25. The van der Waals surface area contributed by atoms with Crippen LogP contribution in [0.3, 0.4) is 0 Å². The van der Waals surface area contributed by atoms with Crippen molar-refractivity contribution in [2.75, 3.05) is 19.6 Å². The normalized spacial score (nSPS) is 26.1. The summed E-state index contributed by atoms with van der Waals surface area (Å²) in [7, 11) is 0. The highest BCUT2D eigenvalue weighted by molar-refractivity contribution is 5.77. The molecular weight excluding hydrogens is 354 g/mol. The van der Waals surface area contributed by atoms with E-state index in [2.05, 4.69) is 20.1 Å². The van der Waals surface area contributed by atoms with Crippen molar-refractivity contribution in [2.45, 2.75) is 57.5 Å². The fraction of sp³-hybridized carbons (Fsp3) is 0.619. The topological polar surface area (TPSA) is 75.4 Å². The summed E-state index contributed by atoms with van der Waals surface area (Å²) >= 11 is 0. The molecule has 1 atom stereocenters. The highest BCUT2D eigenvalue weighted by Gasteiger charge is 2.42. The highest BCUT2D eigenvalue weighted by atomic mass is 16.4. The smallest absolute Gasteiger partial charge is 0.230 e. The van der Waals surface area contributed by atoms with E-state index in [9.17, 15) is 4.79 Å². The van der Waals surface area contributed by atoms with Crippen LogP contribution in [0.25, 0.3) is 0 Å². The molecule has 4 heterocycles. The summed E-state index contributed by atoms with van der Waals surface area (Å²) in [6.07, 6.45) is 8.07. The summed E-state index contributed by atoms with van der Waals surface area (Å²) < 4.78 is 5.87. The molecule has 3 aliphatic rings. The Morgan fingerprint density at radius 3 is 2.89 bits per heavy atom. The van der Waals surface area contributed by atoms with Gasteiger partial charge < -0.3 is 9.32 Å². The van der Waals surface area contributed by atoms with Gasteiger partial charge in [-0.1, -0.05) is 6.07 Å². The lowest BCUT2D eigenvalue weighted by atomic mass is 9.73. The molecule has 7 heteroatoms. The number of aromatic nitrogens is 3. The Morgan fingerprint density at radius 2 is 2.07 bits per heavy atom. The molecule has 2 aromatic heterocycles. The zero-order valence-corrected chi connectivity index (χ0v) is 16.2. The number of carbonyl (C=O) groups is 1. The molecule has 0 N–H and O–H groups in total. The average molecular weight is 381 g/mol. The van der Waals surface area contributed by atoms with Gasteiger partial charge in [0.25, 0.3) is 0 Å². The minimum Gasteiger partial charge on any atom is -0.424 e. The van der Waals surface area contributed by atoms with Gasteiger partial charge in [-0.15, -0.1) is 10.2 Å². The molecule has 2 saturated heterocycles. The number of amides is 1. The van der Waals surface area contributed by atoms with E-state index in [0.29, 0.717) is 18.9 Å². The molecular formula is C21H27N5O2. The predicted molar refractivity (Wildman–Crippen MR) is 102 cm³/mol. The third-order valence-electron chi connectivity index (χ3n) is 6.34. The quantitative estimate of drug-likeness (QED) is 0.793. The van der Waals surface area contributed by atoms with Crippen LogP contribution < -0.4 is 0 Å². The van der Waals surface area contributed by atoms with Crippen molar-refractivity contribution >= 4 is 5.91 Å². The summed E-state index contributed by atoms with van der Waals surface area (Å²) in [5, 5.41) is 8.47. The maximum atomic E-state index is 12.5. The molecule has 3 fully saturated rings. The SMILES string of the molecule is O=C1CC[C@]2(CCCN(Cc3nnc(C4CC4)o3)C2)CN1Cc1ccccn1. The molecule has 148 valence electrons. The van der Waals surface area contributed by atoms with Crippen LogP contribution in [0.15, 0.2) is 28.8 Å². The van der Waals surface area contributed by atoms with E-state index in [0.717, 1.165) is 56.5 Å². The predicted octanol–water partition coefficient (Wildman–Crippen LogP) is 2.75. The van der Waals surface area contributed by atoms with Gasteiger partial charge in [0.1, 0.15) is 0 Å². The number of hydrogen-bond acceptors (Lipinski definition) is 6. The first kappa shape index (κ1) is 17.8. The molecule has 0 radical (unpaired) electrons. The maximum absolute atomic E-state index is 12.5. The molecule has 1 saturated carbocycles. The molecule has 5 rings (SSSR count). The molecule has 2 aliphatic heterocycles. The van der Waals surface area contributed by atoms with Gasteiger partial charge in [0, 0.05) is 37.0 Å². The van der Waals surface area contributed by atoms with E-state index in [-0.39, 0.29) is 11.3 Å². The van der Waals surface area contributed by atoms with Crippen LogP contribution in [0.1, 0.15) is 61.9 Å². The van der Waals surface area contributed by atoms with E-state index in [1.165, 1.54) is 19.3 Å². The lowest BCUT2D eigenvalue weighted by molar-refractivity contribution is -0.140. The molecule has 1 aliphatic carbocycles. The van der Waals surface area contributed by atoms with Gasteiger partial charge >= 0.3 is 0 Å². The summed E-state index contributed by atoms with van der Waals surface area (Å²) in [6.45, 7) is 4.18. The van der Waals surface area contributed by atoms with Gasteiger partial charge in [-0.3, -0.25) is 14.7 Å². The first-order valence-corrected chi connectivity index (χ1v) is 10.4. The molecule has 1 spiro atoms. The van der Waals surface area contributed by atoms with Gasteiger partial charge in [-0.2, -0.15) is 0 Å². The van der Waals surface area contributed by atoms with Crippen molar-refractivity contribution in [3.05, 3.63) is 41.9 Å². The first-order valence-electron chi connectivity index (χ1n) is 10.4. The van der Waals surface area contributed by atoms with Crippen LogP contribution in [0.5, 0.6) is 0 Å². The largest absolute Gasteiger partial charge is 0.424 e. The Kier molecular flexibility index (Phi) is 4.62. The second-order valence-electron chi connectivity index (χ2n) is 8.69. The van der Waals surface area contributed by atoms with Gasteiger partial charge in [0.05, 0.1) is 18.8 Å². The third kappa shape index (κ3) is 3.81. The second-order valence-corrected chi connectivity index (χ2v) is 8.69. The zero-order chi connectivity index (χ0) is 19.0. The molecule has 28 heavy (non-hydrogen) atoms. The number of pyridine rings is 1. The Hall–Kier alpha value is -2.28. The van der Waals surface area contributed by atoms with Crippen LogP contribution in [0.4, 0.5) is 0 Å². The van der Waals surface area contributed by atoms with Crippen molar-refractivity contribution in [1.29, 1.82) is 0 Å². The molecule has 0 unspecified atom stereocenters. The number of hydrogen-bond donors (Lipinski definition) is 0. The lowest BCUT2D eigenvalue weighted by Gasteiger charge is -2.48. The third-order valence-corrected chi connectivity index (χ3v) is 6.34. The van der Waals surface area contributed by atoms with Crippen LogP contribution in [0, 0.1) is 5.41 Å². The van der Waals surface area contributed by atoms with Crippen molar-refractivity contribution < 1.29 is 9.21 Å². The minimum absolute atomic E-state index is 0.167. The summed E-state index contributed by atoms with van der Waals surface area (Å²) in [6, 6.07) is 5.89. The van der Waals surface area contributed by atoms with Crippen LogP contribution >= 0.6 is 0 Å². The Bertz CT molecular complexity index is 834. The van der Waals surface area contributed by atoms with Gasteiger partial charge in [-0.05, 0) is 50.8 Å². The summed E-state index contributed by atoms with van der Waals surface area (Å²) in [5.74, 6) is 2.29. The Labute approximate surface area is 165 Å². The number of nitrogens with zero attached hydrogens (tertiary/aromatic N) is 5. The number of piperidine rings is 2. The minimum atomic E-state index is 0.167. The summed E-state index contributed by atoms with van der Waals surface area (Å²) in [4.78, 5) is 21.4. The van der Waals surface area contributed by atoms with Gasteiger partial charge in [0.2, 0.25) is 17.7 Å². The zero-order valence-electron chi connectivity index (χ0n) is 16.2. The molecule has 0 bridgehead atoms. The lowest BCUT2D eigenvalue weighted by Crippen LogP contribution is -2.53. The van der Waals surface area contributed by atoms with E-state index < -0.39 is 0 Å². The standard InChI is InChI=1S/C21H27N5O2/c27-19-7-9-21(15-26(19)12-17-4-1-2-10-22-17)8-3-11-25(14-21)13-18-23-24-20(28-18)16-5-6-16/h1-2,4,10,16H,3,5-9,11-15H2/t21-/m0/s1. The highest BCUT2D eigenvalue weighted by Crippen LogP contribution is 2.41. The van der Waals surface area contributed by atoms with E-state index in [1.807, 2.05) is 23.1 Å². The van der Waals surface area contributed by atoms with Crippen LogP contribution in [-0.2, 0) is 17.9 Å². The van der Waals surface area contributed by atoms with Crippen molar-refractivity contribution in [2.24, 2.45) is 5.41 Å². The van der Waals surface area contributed by atoms with Gasteiger partial charge in [-0.25, -0.2) is 0 Å². The molecule has 0 aromatic carbocycles. The first-order chi connectivity index (χ1) is 13.7. The summed E-state index contributed by atoms with van der Waals surface area (Å²) in [5.41, 5.74) is 1.12. The number of likely N-dealkylation sites (tertiary alicyclic amines) is 2. The van der Waals surface area contributed by atoms with E-state index in [1.54, 1.807) is 6.20 Å². The van der Waals surface area contributed by atoms with E-state index >= 15 is 0 Å². The molecule has 2 aromatic rings. The van der Waals surface area contributed by atoms with Crippen molar-refractivity contribution in [3.63, 3.8) is 0 Å². The van der Waals surface area contributed by atoms with Crippen LogP contribution in [0.2, 0.25) is 0 Å². The second kappa shape index (κ2) is 7.28. The molecule has 1 amide bonds. The van der Waals surface area contributed by atoms with Crippen LogP contribution in [-0.4, -0.2) is 50.5 Å². The monoisotopic (exact) mass is 381 g/mol. The molecule has 7 nitrogen and oxygen atoms in total. The fourth-order valence-electron chi connectivity index (χ4n) is 4.73.